The summed E-state index contributed by atoms with van der Waals surface area (Å²) in [6.45, 7) is 16.6. The van der Waals surface area contributed by atoms with Gasteiger partial charge in [-0.3, -0.25) is 0 Å². The molecule has 110 valence electrons. The SMILES string of the molecule is CCN(CC)CCCNCc1cnc(C(C)(C)C)s1. The van der Waals surface area contributed by atoms with Gasteiger partial charge in [-0.1, -0.05) is 34.6 Å². The van der Waals surface area contributed by atoms with Crippen LogP contribution in [-0.2, 0) is 12.0 Å². The Labute approximate surface area is 122 Å². The van der Waals surface area contributed by atoms with Gasteiger partial charge in [0, 0.05) is 23.0 Å². The molecule has 0 aliphatic heterocycles. The quantitative estimate of drug-likeness (QED) is 0.742. The van der Waals surface area contributed by atoms with Gasteiger partial charge in [0.05, 0.1) is 5.01 Å². The first-order valence-corrected chi connectivity index (χ1v) is 8.17. The number of hydrogen-bond acceptors (Lipinski definition) is 4. The minimum atomic E-state index is 0.172. The van der Waals surface area contributed by atoms with Crippen molar-refractivity contribution in [2.45, 2.75) is 53.0 Å². The van der Waals surface area contributed by atoms with Crippen LogP contribution in [0.3, 0.4) is 0 Å². The third-order valence-corrected chi connectivity index (χ3v) is 4.64. The first kappa shape index (κ1) is 16.6. The maximum Gasteiger partial charge on any atom is 0.0981 e. The molecule has 0 aliphatic rings. The lowest BCUT2D eigenvalue weighted by molar-refractivity contribution is 0.298. The molecule has 0 saturated carbocycles. The molecule has 0 amide bonds. The second kappa shape index (κ2) is 7.98. The van der Waals surface area contributed by atoms with Crippen LogP contribution in [0.5, 0.6) is 0 Å². The van der Waals surface area contributed by atoms with Crippen molar-refractivity contribution in [3.05, 3.63) is 16.1 Å². The van der Waals surface area contributed by atoms with Gasteiger partial charge in [0.15, 0.2) is 0 Å². The Bertz CT molecular complexity index is 351. The van der Waals surface area contributed by atoms with E-state index in [1.165, 1.54) is 22.9 Å². The van der Waals surface area contributed by atoms with Crippen LogP contribution in [0.15, 0.2) is 6.20 Å². The van der Waals surface area contributed by atoms with E-state index in [-0.39, 0.29) is 5.41 Å². The van der Waals surface area contributed by atoms with Crippen molar-refractivity contribution >= 4 is 11.3 Å². The Morgan fingerprint density at radius 2 is 1.95 bits per heavy atom. The fraction of sp³-hybridized carbons (Fsp3) is 0.800. The predicted molar refractivity (Wildman–Crippen MR) is 84.9 cm³/mol. The van der Waals surface area contributed by atoms with E-state index in [9.17, 15) is 0 Å². The van der Waals surface area contributed by atoms with E-state index in [1.807, 2.05) is 17.5 Å². The van der Waals surface area contributed by atoms with Crippen molar-refractivity contribution in [1.82, 2.24) is 15.2 Å². The second-order valence-electron chi connectivity index (χ2n) is 5.94. The summed E-state index contributed by atoms with van der Waals surface area (Å²) in [6.07, 6.45) is 3.23. The highest BCUT2D eigenvalue weighted by Gasteiger charge is 2.17. The average molecular weight is 283 g/mol. The van der Waals surface area contributed by atoms with Crippen LogP contribution in [0.2, 0.25) is 0 Å². The molecule has 3 nitrogen and oxygen atoms in total. The third kappa shape index (κ3) is 6.02. The minimum absolute atomic E-state index is 0.172. The van der Waals surface area contributed by atoms with Gasteiger partial charge in [-0.05, 0) is 32.6 Å². The Morgan fingerprint density at radius 1 is 1.26 bits per heavy atom. The minimum Gasteiger partial charge on any atom is -0.312 e. The molecule has 1 heterocycles. The largest absolute Gasteiger partial charge is 0.312 e. The molecular formula is C15H29N3S. The summed E-state index contributed by atoms with van der Waals surface area (Å²) in [5, 5.41) is 4.74. The molecule has 1 N–H and O–H groups in total. The maximum absolute atomic E-state index is 4.51. The van der Waals surface area contributed by atoms with Crippen LogP contribution >= 0.6 is 11.3 Å². The van der Waals surface area contributed by atoms with Gasteiger partial charge in [-0.25, -0.2) is 4.98 Å². The molecule has 1 rings (SSSR count). The normalized spacial score (nSPS) is 12.3. The van der Waals surface area contributed by atoms with E-state index in [0.717, 1.165) is 26.2 Å². The number of aromatic nitrogens is 1. The Morgan fingerprint density at radius 3 is 2.47 bits per heavy atom. The molecule has 0 radical (unpaired) electrons. The first-order valence-electron chi connectivity index (χ1n) is 7.35. The average Bonchev–Trinajstić information content (AvgIpc) is 2.82. The Balaban J connectivity index is 2.21. The van der Waals surface area contributed by atoms with E-state index in [4.69, 9.17) is 0 Å². The highest BCUT2D eigenvalue weighted by Crippen LogP contribution is 2.26. The molecule has 0 bridgehead atoms. The predicted octanol–water partition coefficient (Wildman–Crippen LogP) is 3.26. The van der Waals surface area contributed by atoms with E-state index in [1.54, 1.807) is 0 Å². The highest BCUT2D eigenvalue weighted by atomic mass is 32.1. The molecule has 0 fully saturated rings. The zero-order chi connectivity index (χ0) is 14.3. The summed E-state index contributed by atoms with van der Waals surface area (Å²) in [5.74, 6) is 0. The topological polar surface area (TPSA) is 28.2 Å². The number of rotatable bonds is 8. The van der Waals surface area contributed by atoms with Gasteiger partial charge in [0.25, 0.3) is 0 Å². The summed E-state index contributed by atoms with van der Waals surface area (Å²) in [7, 11) is 0. The summed E-state index contributed by atoms with van der Waals surface area (Å²) in [6, 6.07) is 0. The summed E-state index contributed by atoms with van der Waals surface area (Å²) >= 11 is 1.83. The fourth-order valence-electron chi connectivity index (χ4n) is 1.92. The van der Waals surface area contributed by atoms with Crippen LogP contribution in [-0.4, -0.2) is 36.1 Å². The van der Waals surface area contributed by atoms with Gasteiger partial charge in [-0.2, -0.15) is 0 Å². The first-order chi connectivity index (χ1) is 8.97. The van der Waals surface area contributed by atoms with Crippen LogP contribution in [0.1, 0.15) is 50.9 Å². The highest BCUT2D eigenvalue weighted by molar-refractivity contribution is 7.11. The van der Waals surface area contributed by atoms with E-state index in [2.05, 4.69) is 49.8 Å². The van der Waals surface area contributed by atoms with E-state index >= 15 is 0 Å². The van der Waals surface area contributed by atoms with Crippen LogP contribution in [0.25, 0.3) is 0 Å². The maximum atomic E-state index is 4.51. The summed E-state index contributed by atoms with van der Waals surface area (Å²) < 4.78 is 0. The van der Waals surface area contributed by atoms with Crippen molar-refractivity contribution in [1.29, 1.82) is 0 Å². The van der Waals surface area contributed by atoms with Crippen LogP contribution in [0.4, 0.5) is 0 Å². The molecule has 0 aliphatic carbocycles. The monoisotopic (exact) mass is 283 g/mol. The lowest BCUT2D eigenvalue weighted by atomic mass is 9.98. The number of nitrogens with one attached hydrogen (secondary N) is 1. The number of hydrogen-bond donors (Lipinski definition) is 1. The lowest BCUT2D eigenvalue weighted by Gasteiger charge is -2.17. The summed E-state index contributed by atoms with van der Waals surface area (Å²) in [4.78, 5) is 8.32. The fourth-order valence-corrected chi connectivity index (χ4v) is 2.85. The molecule has 1 aromatic heterocycles. The molecule has 0 aromatic carbocycles. The standard InChI is InChI=1S/C15H29N3S/c1-6-18(7-2)10-8-9-16-11-13-12-17-14(19-13)15(3,4)5/h12,16H,6-11H2,1-5H3. The second-order valence-corrected chi connectivity index (χ2v) is 7.05. The third-order valence-electron chi connectivity index (χ3n) is 3.22. The number of thiazole rings is 1. The molecule has 0 atom stereocenters. The van der Waals surface area contributed by atoms with Crippen LogP contribution in [0, 0.1) is 0 Å². The van der Waals surface area contributed by atoms with Crippen molar-refractivity contribution in [3.63, 3.8) is 0 Å². The Hall–Kier alpha value is -0.450. The van der Waals surface area contributed by atoms with E-state index in [0.29, 0.717) is 0 Å². The Kier molecular flexibility index (Phi) is 6.97. The zero-order valence-electron chi connectivity index (χ0n) is 13.1. The van der Waals surface area contributed by atoms with Crippen molar-refractivity contribution in [2.75, 3.05) is 26.2 Å². The molecule has 4 heteroatoms. The smallest absolute Gasteiger partial charge is 0.0981 e. The molecule has 0 spiro atoms. The van der Waals surface area contributed by atoms with Gasteiger partial charge in [0.2, 0.25) is 0 Å². The zero-order valence-corrected chi connectivity index (χ0v) is 13.9. The van der Waals surface area contributed by atoms with Crippen molar-refractivity contribution in [3.8, 4) is 0 Å². The number of nitrogens with zero attached hydrogens (tertiary/aromatic N) is 2. The van der Waals surface area contributed by atoms with Gasteiger partial charge < -0.3 is 10.2 Å². The molecule has 1 aromatic rings. The van der Waals surface area contributed by atoms with Crippen molar-refractivity contribution in [2.24, 2.45) is 0 Å². The summed E-state index contributed by atoms with van der Waals surface area (Å²) in [5.41, 5.74) is 0.172. The van der Waals surface area contributed by atoms with Gasteiger partial charge in [0.1, 0.15) is 0 Å². The molecular weight excluding hydrogens is 254 g/mol. The van der Waals surface area contributed by atoms with Crippen LogP contribution < -0.4 is 5.32 Å². The van der Waals surface area contributed by atoms with Gasteiger partial charge in [-0.15, -0.1) is 11.3 Å². The molecule has 19 heavy (non-hydrogen) atoms. The molecule has 0 unspecified atom stereocenters. The molecule has 0 saturated heterocycles. The van der Waals surface area contributed by atoms with Crippen molar-refractivity contribution < 1.29 is 0 Å². The van der Waals surface area contributed by atoms with E-state index < -0.39 is 0 Å². The lowest BCUT2D eigenvalue weighted by Crippen LogP contribution is -2.27. The van der Waals surface area contributed by atoms with Gasteiger partial charge >= 0.3 is 0 Å².